The highest BCUT2D eigenvalue weighted by atomic mass is 16.5. The summed E-state index contributed by atoms with van der Waals surface area (Å²) in [6, 6.07) is 9.36. The van der Waals surface area contributed by atoms with E-state index in [4.69, 9.17) is 10.00 Å². The summed E-state index contributed by atoms with van der Waals surface area (Å²) in [5, 5.41) is 27.1. The van der Waals surface area contributed by atoms with Gasteiger partial charge in [-0.25, -0.2) is 14.5 Å². The molecule has 1 aliphatic rings. The van der Waals surface area contributed by atoms with Crippen molar-refractivity contribution in [3.63, 3.8) is 0 Å². The van der Waals surface area contributed by atoms with Gasteiger partial charge in [-0.15, -0.1) is 0 Å². The number of esters is 1. The SMILES string of the molecule is Cc1nn(-c2ccc(CNCC(O)c3ccc4c(c3C)COC4=O)cn2)cc1C#N. The molecule has 2 N–H and O–H groups in total. The quantitative estimate of drug-likeness (QED) is 0.607. The molecule has 0 amide bonds. The van der Waals surface area contributed by atoms with E-state index in [0.29, 0.717) is 35.7 Å². The van der Waals surface area contributed by atoms with E-state index < -0.39 is 6.10 Å². The van der Waals surface area contributed by atoms with E-state index in [2.05, 4.69) is 21.5 Å². The molecule has 1 unspecified atom stereocenters. The van der Waals surface area contributed by atoms with Crippen LogP contribution in [0.1, 0.15) is 50.0 Å². The number of aryl methyl sites for hydroxylation is 1. The summed E-state index contributed by atoms with van der Waals surface area (Å²) in [6.45, 7) is 4.85. The fourth-order valence-corrected chi connectivity index (χ4v) is 3.54. The normalized spacial score (nSPS) is 13.6. The van der Waals surface area contributed by atoms with Crippen LogP contribution >= 0.6 is 0 Å². The van der Waals surface area contributed by atoms with E-state index in [9.17, 15) is 9.90 Å². The second-order valence-corrected chi connectivity index (χ2v) is 7.24. The maximum Gasteiger partial charge on any atom is 0.338 e. The molecule has 4 rings (SSSR count). The van der Waals surface area contributed by atoms with Gasteiger partial charge in [0, 0.05) is 24.8 Å². The maximum atomic E-state index is 11.7. The van der Waals surface area contributed by atoms with Gasteiger partial charge in [0.25, 0.3) is 0 Å². The highest BCUT2D eigenvalue weighted by Crippen LogP contribution is 2.28. The molecule has 0 fully saturated rings. The highest BCUT2D eigenvalue weighted by Gasteiger charge is 2.25. The lowest BCUT2D eigenvalue weighted by Crippen LogP contribution is -2.22. The molecule has 2 aromatic heterocycles. The van der Waals surface area contributed by atoms with E-state index >= 15 is 0 Å². The molecule has 0 spiro atoms. The zero-order valence-electron chi connectivity index (χ0n) is 16.7. The Morgan fingerprint density at radius 2 is 2.17 bits per heavy atom. The van der Waals surface area contributed by atoms with Crippen molar-refractivity contribution in [3.8, 4) is 11.9 Å². The first-order valence-electron chi connectivity index (χ1n) is 9.58. The Labute approximate surface area is 173 Å². The third-order valence-corrected chi connectivity index (χ3v) is 5.30. The van der Waals surface area contributed by atoms with E-state index in [0.717, 1.165) is 22.3 Å². The van der Waals surface area contributed by atoms with Crippen LogP contribution in [0, 0.1) is 25.2 Å². The van der Waals surface area contributed by atoms with Crippen LogP contribution in [0.2, 0.25) is 0 Å². The highest BCUT2D eigenvalue weighted by molar-refractivity contribution is 5.93. The van der Waals surface area contributed by atoms with E-state index in [-0.39, 0.29) is 12.6 Å². The second kappa shape index (κ2) is 8.06. The summed E-state index contributed by atoms with van der Waals surface area (Å²) in [5.74, 6) is 0.325. The number of nitrogens with zero attached hydrogens (tertiary/aromatic N) is 4. The lowest BCUT2D eigenvalue weighted by molar-refractivity contribution is 0.0535. The van der Waals surface area contributed by atoms with Crippen molar-refractivity contribution >= 4 is 5.97 Å². The Bertz CT molecular complexity index is 1140. The van der Waals surface area contributed by atoms with Crippen molar-refractivity contribution in [2.45, 2.75) is 33.1 Å². The molecule has 0 aliphatic carbocycles. The zero-order valence-corrected chi connectivity index (χ0v) is 16.7. The first kappa shape index (κ1) is 19.8. The Kier molecular flexibility index (Phi) is 5.31. The number of carbonyl (C=O) groups is 1. The minimum Gasteiger partial charge on any atom is -0.457 e. The molecule has 1 aromatic carbocycles. The standard InChI is InChI=1S/C22H21N5O3/c1-13-17(4-5-18-19(13)12-30-22(18)29)20(28)10-24-8-15-3-6-21(25-9-15)27-11-16(7-23)14(2)26-27/h3-6,9,11,20,24,28H,8,10,12H2,1-2H3. The number of rotatable bonds is 6. The predicted octanol–water partition coefficient (Wildman–Crippen LogP) is 2.25. The van der Waals surface area contributed by atoms with Gasteiger partial charge in [-0.3, -0.25) is 0 Å². The summed E-state index contributed by atoms with van der Waals surface area (Å²) >= 11 is 0. The Morgan fingerprint density at radius 1 is 1.33 bits per heavy atom. The summed E-state index contributed by atoms with van der Waals surface area (Å²) in [4.78, 5) is 16.0. The van der Waals surface area contributed by atoms with E-state index in [1.54, 1.807) is 36.1 Å². The second-order valence-electron chi connectivity index (χ2n) is 7.24. The number of nitrogens with one attached hydrogen (secondary N) is 1. The van der Waals surface area contributed by atoms with Crippen molar-refractivity contribution in [1.29, 1.82) is 5.26 Å². The number of cyclic esters (lactones) is 1. The Morgan fingerprint density at radius 3 is 2.87 bits per heavy atom. The van der Waals surface area contributed by atoms with Crippen LogP contribution < -0.4 is 5.32 Å². The molecule has 0 saturated carbocycles. The fraction of sp³-hybridized carbons (Fsp3) is 0.273. The van der Waals surface area contributed by atoms with Crippen molar-refractivity contribution in [1.82, 2.24) is 20.1 Å². The predicted molar refractivity (Wildman–Crippen MR) is 108 cm³/mol. The van der Waals surface area contributed by atoms with Crippen molar-refractivity contribution in [2.24, 2.45) is 0 Å². The van der Waals surface area contributed by atoms with E-state index in [1.165, 1.54) is 0 Å². The number of aliphatic hydroxyl groups excluding tert-OH is 1. The number of hydrogen-bond donors (Lipinski definition) is 2. The topological polar surface area (TPSA) is 113 Å². The molecule has 0 saturated heterocycles. The van der Waals surface area contributed by atoms with Gasteiger partial charge in [0.2, 0.25) is 0 Å². The average Bonchev–Trinajstić information content (AvgIpc) is 3.31. The lowest BCUT2D eigenvalue weighted by atomic mass is 9.95. The summed E-state index contributed by atoms with van der Waals surface area (Å²) in [5.41, 5.74) is 5.26. The molecule has 152 valence electrons. The van der Waals surface area contributed by atoms with Gasteiger partial charge in [0.1, 0.15) is 12.7 Å². The van der Waals surface area contributed by atoms with Crippen molar-refractivity contribution < 1.29 is 14.6 Å². The largest absolute Gasteiger partial charge is 0.457 e. The Balaban J connectivity index is 1.36. The summed E-state index contributed by atoms with van der Waals surface area (Å²) in [6.07, 6.45) is 2.69. The molecule has 30 heavy (non-hydrogen) atoms. The first-order chi connectivity index (χ1) is 14.5. The number of pyridine rings is 1. The smallest absolute Gasteiger partial charge is 0.338 e. The molecule has 8 heteroatoms. The minimum atomic E-state index is -0.699. The third-order valence-electron chi connectivity index (χ3n) is 5.30. The van der Waals surface area contributed by atoms with E-state index in [1.807, 2.05) is 19.1 Å². The van der Waals surface area contributed by atoms with Gasteiger partial charge in [-0.05, 0) is 42.7 Å². The number of benzene rings is 1. The number of fused-ring (bicyclic) bond motifs is 1. The summed E-state index contributed by atoms with van der Waals surface area (Å²) in [7, 11) is 0. The molecular formula is C22H21N5O3. The minimum absolute atomic E-state index is 0.262. The molecule has 1 atom stereocenters. The van der Waals surface area contributed by atoms with Gasteiger partial charge in [0.05, 0.1) is 29.1 Å². The number of ether oxygens (including phenoxy) is 1. The van der Waals surface area contributed by atoms with Gasteiger partial charge in [-0.2, -0.15) is 10.4 Å². The monoisotopic (exact) mass is 403 g/mol. The first-order valence-corrected chi connectivity index (χ1v) is 9.58. The van der Waals surface area contributed by atoms with Gasteiger partial charge >= 0.3 is 5.97 Å². The molecule has 0 radical (unpaired) electrons. The van der Waals surface area contributed by atoms with Crippen molar-refractivity contribution in [2.75, 3.05) is 6.54 Å². The van der Waals surface area contributed by atoms with Crippen LogP contribution in [0.4, 0.5) is 0 Å². The van der Waals surface area contributed by atoms with Crippen LogP contribution in [-0.2, 0) is 17.9 Å². The number of aromatic nitrogens is 3. The van der Waals surface area contributed by atoms with Gasteiger partial charge < -0.3 is 15.2 Å². The molecule has 3 heterocycles. The molecule has 0 bridgehead atoms. The Hall–Kier alpha value is -3.54. The average molecular weight is 403 g/mol. The maximum absolute atomic E-state index is 11.7. The molecule has 8 nitrogen and oxygen atoms in total. The van der Waals surface area contributed by atoms with Crippen LogP contribution in [0.5, 0.6) is 0 Å². The van der Waals surface area contributed by atoms with Crippen LogP contribution in [0.15, 0.2) is 36.7 Å². The lowest BCUT2D eigenvalue weighted by Gasteiger charge is -2.16. The van der Waals surface area contributed by atoms with Gasteiger partial charge in [0.15, 0.2) is 5.82 Å². The molecular weight excluding hydrogens is 382 g/mol. The van der Waals surface area contributed by atoms with Crippen LogP contribution in [0.25, 0.3) is 5.82 Å². The number of carbonyl (C=O) groups excluding carboxylic acids is 1. The van der Waals surface area contributed by atoms with Crippen LogP contribution in [0.3, 0.4) is 0 Å². The summed E-state index contributed by atoms with van der Waals surface area (Å²) < 4.78 is 6.65. The van der Waals surface area contributed by atoms with Gasteiger partial charge in [-0.1, -0.05) is 12.1 Å². The third kappa shape index (κ3) is 3.68. The fourth-order valence-electron chi connectivity index (χ4n) is 3.54. The number of aliphatic hydroxyl groups is 1. The molecule has 3 aromatic rings. The van der Waals surface area contributed by atoms with Crippen molar-refractivity contribution in [3.05, 3.63) is 75.7 Å². The number of nitriles is 1. The number of hydrogen-bond acceptors (Lipinski definition) is 7. The molecule has 1 aliphatic heterocycles. The zero-order chi connectivity index (χ0) is 21.3. The van der Waals surface area contributed by atoms with Crippen LogP contribution in [-0.4, -0.2) is 32.4 Å².